The van der Waals surface area contributed by atoms with Crippen molar-refractivity contribution in [3.8, 4) is 11.5 Å². The van der Waals surface area contributed by atoms with Gasteiger partial charge in [-0.05, 0) is 49.1 Å². The Morgan fingerprint density at radius 3 is 2.72 bits per heavy atom. The number of esters is 1. The van der Waals surface area contributed by atoms with Crippen molar-refractivity contribution in [1.29, 1.82) is 0 Å². The van der Waals surface area contributed by atoms with Gasteiger partial charge in [0.1, 0.15) is 6.61 Å². The van der Waals surface area contributed by atoms with Crippen LogP contribution in [0.15, 0.2) is 40.7 Å². The summed E-state index contributed by atoms with van der Waals surface area (Å²) in [6, 6.07) is 5.02. The van der Waals surface area contributed by atoms with Gasteiger partial charge >= 0.3 is 5.97 Å². The van der Waals surface area contributed by atoms with E-state index in [4.69, 9.17) is 9.47 Å². The molecule has 32 heavy (non-hydrogen) atoms. The fraction of sp³-hybridized carbons (Fsp3) is 0.520. The summed E-state index contributed by atoms with van der Waals surface area (Å²) in [7, 11) is 0. The van der Waals surface area contributed by atoms with Gasteiger partial charge in [-0.1, -0.05) is 26.8 Å². The van der Waals surface area contributed by atoms with Crippen LogP contribution in [0.2, 0.25) is 0 Å². The van der Waals surface area contributed by atoms with Crippen molar-refractivity contribution in [3.05, 3.63) is 46.3 Å². The predicted molar refractivity (Wildman–Crippen MR) is 127 cm³/mol. The molecular formula is C25H33NO5S. The number of carbonyl (C=O) groups is 2. The molecule has 6 nitrogen and oxygen atoms in total. The minimum Gasteiger partial charge on any atom is -0.504 e. The fourth-order valence-electron chi connectivity index (χ4n) is 4.44. The number of Topliss-reactive ketones (excluding diaryl/α,β-unsaturated/α-hetero) is 1. The molecule has 0 saturated carbocycles. The molecule has 0 amide bonds. The van der Waals surface area contributed by atoms with Gasteiger partial charge in [0.15, 0.2) is 17.3 Å². The zero-order valence-electron chi connectivity index (χ0n) is 19.5. The first kappa shape index (κ1) is 24.2. The van der Waals surface area contributed by atoms with Crippen LogP contribution in [0.4, 0.5) is 0 Å². The molecule has 2 aliphatic rings. The number of ether oxygens (including phenoxy) is 2. The molecule has 1 atom stereocenters. The van der Waals surface area contributed by atoms with Gasteiger partial charge in [0.25, 0.3) is 0 Å². The van der Waals surface area contributed by atoms with Crippen LogP contribution in [0.1, 0.15) is 58.9 Å². The van der Waals surface area contributed by atoms with Crippen LogP contribution in [0.5, 0.6) is 11.5 Å². The van der Waals surface area contributed by atoms with E-state index >= 15 is 0 Å². The summed E-state index contributed by atoms with van der Waals surface area (Å²) in [4.78, 5) is 26.5. The summed E-state index contributed by atoms with van der Waals surface area (Å²) in [5.74, 6) is 1.07. The van der Waals surface area contributed by atoms with Gasteiger partial charge in [-0.3, -0.25) is 4.79 Å². The number of phenols is 1. The summed E-state index contributed by atoms with van der Waals surface area (Å²) >= 11 is 1.71. The highest BCUT2D eigenvalue weighted by Crippen LogP contribution is 2.47. The fourth-order valence-corrected chi connectivity index (χ4v) is 4.93. The first-order valence-corrected chi connectivity index (χ1v) is 12.3. The number of rotatable bonds is 8. The molecule has 1 heterocycles. The highest BCUT2D eigenvalue weighted by molar-refractivity contribution is 7.99. The number of phenolic OH excluding ortho intramolecular Hbond substituents is 1. The number of hydrogen-bond acceptors (Lipinski definition) is 7. The molecule has 0 aromatic heterocycles. The number of carbonyl (C=O) groups excluding carboxylic acids is 2. The van der Waals surface area contributed by atoms with E-state index in [9.17, 15) is 14.7 Å². The van der Waals surface area contributed by atoms with Crippen molar-refractivity contribution in [1.82, 2.24) is 5.32 Å². The van der Waals surface area contributed by atoms with Crippen LogP contribution in [-0.2, 0) is 14.3 Å². The van der Waals surface area contributed by atoms with Crippen LogP contribution < -0.4 is 10.1 Å². The number of dihydropyridines is 1. The van der Waals surface area contributed by atoms with Gasteiger partial charge < -0.3 is 19.9 Å². The first-order valence-electron chi connectivity index (χ1n) is 11.1. The molecule has 1 unspecified atom stereocenters. The third-order valence-electron chi connectivity index (χ3n) is 5.74. The lowest BCUT2D eigenvalue weighted by molar-refractivity contribution is -0.138. The minimum atomic E-state index is -0.569. The Hall–Kier alpha value is -2.41. The van der Waals surface area contributed by atoms with Gasteiger partial charge in [0, 0.05) is 35.1 Å². The van der Waals surface area contributed by atoms with Gasteiger partial charge in [0.05, 0.1) is 12.2 Å². The summed E-state index contributed by atoms with van der Waals surface area (Å²) in [6.45, 7) is 10.6. The van der Waals surface area contributed by atoms with E-state index < -0.39 is 11.9 Å². The van der Waals surface area contributed by atoms with E-state index in [2.05, 4.69) is 26.1 Å². The lowest BCUT2D eigenvalue weighted by Crippen LogP contribution is -2.38. The van der Waals surface area contributed by atoms with E-state index in [1.165, 1.54) is 0 Å². The second-order valence-electron chi connectivity index (χ2n) is 8.92. The lowest BCUT2D eigenvalue weighted by atomic mass is 9.68. The second kappa shape index (κ2) is 10.0. The Kier molecular flexibility index (Phi) is 7.59. The van der Waals surface area contributed by atoms with E-state index in [1.54, 1.807) is 30.0 Å². The number of nitrogens with one attached hydrogen (secondary N) is 1. The monoisotopic (exact) mass is 459 g/mol. The highest BCUT2D eigenvalue weighted by Gasteiger charge is 2.43. The Bertz CT molecular complexity index is 963. The molecule has 1 aromatic carbocycles. The number of ketones is 1. The molecule has 1 aliphatic heterocycles. The number of allylic oxidation sites excluding steroid dienone is 3. The quantitative estimate of drug-likeness (QED) is 0.431. The highest BCUT2D eigenvalue weighted by atomic mass is 32.2. The Morgan fingerprint density at radius 1 is 1.28 bits per heavy atom. The van der Waals surface area contributed by atoms with Gasteiger partial charge in [-0.2, -0.15) is 11.8 Å². The first-order chi connectivity index (χ1) is 15.2. The summed E-state index contributed by atoms with van der Waals surface area (Å²) < 4.78 is 11.2. The molecule has 0 fully saturated rings. The number of aromatic hydroxyl groups is 1. The van der Waals surface area contributed by atoms with E-state index in [-0.39, 0.29) is 16.9 Å². The van der Waals surface area contributed by atoms with Crippen LogP contribution >= 0.6 is 11.8 Å². The summed E-state index contributed by atoms with van der Waals surface area (Å²) in [5, 5.41) is 13.5. The smallest absolute Gasteiger partial charge is 0.336 e. The number of benzene rings is 1. The molecule has 0 spiro atoms. The van der Waals surface area contributed by atoms with Crippen LogP contribution in [0.25, 0.3) is 0 Å². The van der Waals surface area contributed by atoms with Crippen molar-refractivity contribution >= 4 is 23.5 Å². The van der Waals surface area contributed by atoms with Crippen LogP contribution in [0.3, 0.4) is 0 Å². The van der Waals surface area contributed by atoms with Gasteiger partial charge in [0.2, 0.25) is 0 Å². The van der Waals surface area contributed by atoms with E-state index in [0.29, 0.717) is 48.6 Å². The van der Waals surface area contributed by atoms with E-state index in [1.807, 2.05) is 13.8 Å². The normalized spacial score (nSPS) is 20.0. The maximum Gasteiger partial charge on any atom is 0.336 e. The molecule has 1 aliphatic carbocycles. The Morgan fingerprint density at radius 2 is 2.03 bits per heavy atom. The third kappa shape index (κ3) is 5.14. The van der Waals surface area contributed by atoms with Crippen molar-refractivity contribution in [2.24, 2.45) is 5.41 Å². The maximum absolute atomic E-state index is 13.3. The third-order valence-corrected chi connectivity index (χ3v) is 6.61. The molecule has 2 N–H and O–H groups in total. The maximum atomic E-state index is 13.3. The number of hydrogen-bond donors (Lipinski definition) is 2. The summed E-state index contributed by atoms with van der Waals surface area (Å²) in [6.07, 6.45) is 1.13. The largest absolute Gasteiger partial charge is 0.504 e. The molecule has 1 aromatic rings. The van der Waals surface area contributed by atoms with Gasteiger partial charge in [-0.25, -0.2) is 4.79 Å². The van der Waals surface area contributed by atoms with Crippen LogP contribution in [-0.4, -0.2) is 41.6 Å². The zero-order chi connectivity index (χ0) is 23.5. The average molecular weight is 460 g/mol. The van der Waals surface area contributed by atoms with Crippen LogP contribution in [0, 0.1) is 5.41 Å². The van der Waals surface area contributed by atoms with Crippen molar-refractivity contribution < 1.29 is 24.2 Å². The Labute approximate surface area is 194 Å². The van der Waals surface area contributed by atoms with Gasteiger partial charge in [-0.15, -0.1) is 0 Å². The van der Waals surface area contributed by atoms with Crippen molar-refractivity contribution in [2.75, 3.05) is 24.7 Å². The molecule has 174 valence electrons. The Balaban J connectivity index is 2.07. The molecular weight excluding hydrogens is 426 g/mol. The summed E-state index contributed by atoms with van der Waals surface area (Å²) in [5.41, 5.74) is 3.16. The second-order valence-corrected chi connectivity index (χ2v) is 10.3. The molecule has 3 rings (SSSR count). The minimum absolute atomic E-state index is 0.0243. The average Bonchev–Trinajstić information content (AvgIpc) is 2.71. The standard InChI is InChI=1S/C25H33NO5S/c1-6-30-20-12-16(8-9-18(20)27)22-21(24(29)31-10-11-32-7-2)15(3)26-17-13-25(4,5)14-19(28)23(17)22/h8-9,12,22,26-27H,6-7,10-11,13-14H2,1-5H3. The molecule has 0 saturated heterocycles. The van der Waals surface area contributed by atoms with E-state index in [0.717, 1.165) is 22.8 Å². The molecule has 7 heteroatoms. The predicted octanol–water partition coefficient (Wildman–Crippen LogP) is 4.69. The van der Waals surface area contributed by atoms with Crippen molar-refractivity contribution in [2.45, 2.75) is 53.4 Å². The molecule has 0 bridgehead atoms. The number of thioether (sulfide) groups is 1. The molecule has 0 radical (unpaired) electrons. The SMILES string of the molecule is CCOc1cc(C2C(C(=O)OCCSCC)=C(C)NC3=C2C(=O)CC(C)(C)C3)ccc1O. The lowest BCUT2D eigenvalue weighted by Gasteiger charge is -2.39. The van der Waals surface area contributed by atoms with Crippen molar-refractivity contribution in [3.63, 3.8) is 0 Å². The topological polar surface area (TPSA) is 84.9 Å². The zero-order valence-corrected chi connectivity index (χ0v) is 20.4.